The van der Waals surface area contributed by atoms with Crippen molar-refractivity contribution in [3.8, 4) is 0 Å². The number of aromatic nitrogens is 2. The molecule has 6 nitrogen and oxygen atoms in total. The molecule has 0 radical (unpaired) electrons. The van der Waals surface area contributed by atoms with Gasteiger partial charge >= 0.3 is 0 Å². The summed E-state index contributed by atoms with van der Waals surface area (Å²) in [6.07, 6.45) is -0.0172. The van der Waals surface area contributed by atoms with Crippen LogP contribution >= 0.6 is 0 Å². The Morgan fingerprint density at radius 3 is 2.43 bits per heavy atom. The molecule has 1 atom stereocenters. The zero-order valence-electron chi connectivity index (χ0n) is 13.4. The van der Waals surface area contributed by atoms with Gasteiger partial charge in [-0.2, -0.15) is 0 Å². The normalized spacial score (nSPS) is 12.8. The van der Waals surface area contributed by atoms with Crippen molar-refractivity contribution in [2.45, 2.75) is 53.1 Å². The number of rotatable bonds is 6. The SMILES string of the molecule is Cc1nc(C(C)C)[nH]c(=O)c1C(=O)NCC(O)CC(C)C. The molecule has 0 aliphatic carbocycles. The molecular formula is C15H25N3O3. The highest BCUT2D eigenvalue weighted by Gasteiger charge is 2.18. The van der Waals surface area contributed by atoms with E-state index in [0.29, 0.717) is 23.9 Å². The largest absolute Gasteiger partial charge is 0.391 e. The second-order valence-electron chi connectivity index (χ2n) is 6.06. The van der Waals surface area contributed by atoms with Gasteiger partial charge in [0.15, 0.2) is 0 Å². The van der Waals surface area contributed by atoms with E-state index in [0.717, 1.165) is 0 Å². The van der Waals surface area contributed by atoms with Crippen molar-refractivity contribution in [3.05, 3.63) is 27.4 Å². The molecule has 1 unspecified atom stereocenters. The third kappa shape index (κ3) is 4.97. The van der Waals surface area contributed by atoms with E-state index in [4.69, 9.17) is 0 Å². The molecule has 0 bridgehead atoms. The standard InChI is InChI=1S/C15H25N3O3/c1-8(2)6-11(19)7-16-14(20)12-10(5)17-13(9(3)4)18-15(12)21/h8-9,11,19H,6-7H2,1-5H3,(H,16,20)(H,17,18,21). The first kappa shape index (κ1) is 17.4. The minimum atomic E-state index is -0.615. The molecule has 0 saturated carbocycles. The zero-order valence-corrected chi connectivity index (χ0v) is 13.4. The van der Waals surface area contributed by atoms with Gasteiger partial charge in [-0.3, -0.25) is 9.59 Å². The number of carbonyl (C=O) groups excluding carboxylic acids is 1. The predicted molar refractivity (Wildman–Crippen MR) is 81.5 cm³/mol. The molecule has 0 aromatic carbocycles. The molecule has 1 rings (SSSR count). The molecule has 1 heterocycles. The maximum atomic E-state index is 12.1. The van der Waals surface area contributed by atoms with E-state index in [9.17, 15) is 14.7 Å². The molecule has 1 aromatic rings. The summed E-state index contributed by atoms with van der Waals surface area (Å²) in [5.74, 6) is 0.490. The molecule has 1 amide bonds. The number of amides is 1. The molecule has 0 fully saturated rings. The van der Waals surface area contributed by atoms with E-state index < -0.39 is 17.6 Å². The monoisotopic (exact) mass is 295 g/mol. The summed E-state index contributed by atoms with van der Waals surface area (Å²) in [5.41, 5.74) is -0.0310. The Bertz CT molecular complexity index is 550. The Kier molecular flexibility index (Phi) is 6.08. The first-order valence-corrected chi connectivity index (χ1v) is 7.29. The number of aliphatic hydroxyl groups is 1. The predicted octanol–water partition coefficient (Wildman–Crippen LogP) is 1.34. The number of hydrogen-bond donors (Lipinski definition) is 3. The van der Waals surface area contributed by atoms with Gasteiger partial charge in [-0.1, -0.05) is 27.7 Å². The van der Waals surface area contributed by atoms with Crippen LogP contribution in [0, 0.1) is 12.8 Å². The number of nitrogens with one attached hydrogen (secondary N) is 2. The fourth-order valence-corrected chi connectivity index (χ4v) is 2.07. The first-order chi connectivity index (χ1) is 9.72. The molecule has 0 aliphatic heterocycles. The summed E-state index contributed by atoms with van der Waals surface area (Å²) < 4.78 is 0. The fraction of sp³-hybridized carbons (Fsp3) is 0.667. The van der Waals surface area contributed by atoms with Crippen LogP contribution in [0.15, 0.2) is 4.79 Å². The molecule has 0 saturated heterocycles. The van der Waals surface area contributed by atoms with Gasteiger partial charge in [0.05, 0.1) is 11.8 Å². The van der Waals surface area contributed by atoms with Crippen LogP contribution in [0.5, 0.6) is 0 Å². The number of hydrogen-bond acceptors (Lipinski definition) is 4. The number of carbonyl (C=O) groups is 1. The lowest BCUT2D eigenvalue weighted by Gasteiger charge is -2.14. The summed E-state index contributed by atoms with van der Waals surface area (Å²) in [6.45, 7) is 9.59. The highest BCUT2D eigenvalue weighted by Crippen LogP contribution is 2.09. The van der Waals surface area contributed by atoms with Gasteiger partial charge < -0.3 is 15.4 Å². The summed E-state index contributed by atoms with van der Waals surface area (Å²) in [4.78, 5) is 31.0. The van der Waals surface area contributed by atoms with E-state index in [1.165, 1.54) is 0 Å². The highest BCUT2D eigenvalue weighted by atomic mass is 16.3. The van der Waals surface area contributed by atoms with Crippen LogP contribution in [0.1, 0.15) is 61.9 Å². The summed E-state index contributed by atoms with van der Waals surface area (Å²) in [6, 6.07) is 0. The van der Waals surface area contributed by atoms with Crippen LogP contribution in [0.25, 0.3) is 0 Å². The molecule has 3 N–H and O–H groups in total. The molecule has 1 aromatic heterocycles. The zero-order chi connectivity index (χ0) is 16.2. The fourth-order valence-electron chi connectivity index (χ4n) is 2.07. The van der Waals surface area contributed by atoms with Crippen molar-refractivity contribution in [1.82, 2.24) is 15.3 Å². The van der Waals surface area contributed by atoms with Crippen molar-refractivity contribution in [3.63, 3.8) is 0 Å². The van der Waals surface area contributed by atoms with E-state index >= 15 is 0 Å². The molecular weight excluding hydrogens is 270 g/mol. The number of aromatic amines is 1. The molecule has 21 heavy (non-hydrogen) atoms. The van der Waals surface area contributed by atoms with E-state index in [-0.39, 0.29) is 18.0 Å². The van der Waals surface area contributed by atoms with Gasteiger partial charge in [-0.15, -0.1) is 0 Å². The minimum absolute atomic E-state index is 0.0103. The lowest BCUT2D eigenvalue weighted by Crippen LogP contribution is -2.37. The van der Waals surface area contributed by atoms with Gasteiger partial charge in [-0.25, -0.2) is 4.98 Å². The average Bonchev–Trinajstić information content (AvgIpc) is 2.34. The van der Waals surface area contributed by atoms with Crippen LogP contribution < -0.4 is 10.9 Å². The maximum absolute atomic E-state index is 12.1. The van der Waals surface area contributed by atoms with Gasteiger partial charge in [0.25, 0.3) is 11.5 Å². The number of aryl methyl sites for hydroxylation is 1. The Morgan fingerprint density at radius 1 is 1.33 bits per heavy atom. The summed E-state index contributed by atoms with van der Waals surface area (Å²) >= 11 is 0. The van der Waals surface area contributed by atoms with Crippen LogP contribution in [-0.2, 0) is 0 Å². The summed E-state index contributed by atoms with van der Waals surface area (Å²) in [7, 11) is 0. The van der Waals surface area contributed by atoms with Crippen molar-refractivity contribution >= 4 is 5.91 Å². The van der Waals surface area contributed by atoms with Gasteiger partial charge in [0.2, 0.25) is 0 Å². The van der Waals surface area contributed by atoms with Gasteiger partial charge in [-0.05, 0) is 19.3 Å². The van der Waals surface area contributed by atoms with Crippen LogP contribution in [0.2, 0.25) is 0 Å². The molecule has 0 spiro atoms. The third-order valence-corrected chi connectivity index (χ3v) is 3.13. The maximum Gasteiger partial charge on any atom is 0.264 e. The lowest BCUT2D eigenvalue weighted by molar-refractivity contribution is 0.0897. The Labute approximate surface area is 125 Å². The molecule has 0 aliphatic rings. The number of H-pyrrole nitrogens is 1. The van der Waals surface area contributed by atoms with Gasteiger partial charge in [0, 0.05) is 12.5 Å². The van der Waals surface area contributed by atoms with Crippen LogP contribution in [-0.4, -0.2) is 33.6 Å². The highest BCUT2D eigenvalue weighted by molar-refractivity contribution is 5.94. The second kappa shape index (κ2) is 7.36. The van der Waals surface area contributed by atoms with Crippen molar-refractivity contribution < 1.29 is 9.90 Å². The lowest BCUT2D eigenvalue weighted by atomic mass is 10.1. The van der Waals surface area contributed by atoms with Crippen molar-refractivity contribution in [2.75, 3.05) is 6.54 Å². The average molecular weight is 295 g/mol. The van der Waals surface area contributed by atoms with E-state index in [2.05, 4.69) is 15.3 Å². The Balaban J connectivity index is 2.82. The molecule has 118 valence electrons. The van der Waals surface area contributed by atoms with Crippen molar-refractivity contribution in [1.29, 1.82) is 0 Å². The Morgan fingerprint density at radius 2 is 1.95 bits per heavy atom. The second-order valence-corrected chi connectivity index (χ2v) is 6.06. The molecule has 6 heteroatoms. The third-order valence-electron chi connectivity index (χ3n) is 3.13. The Hall–Kier alpha value is -1.69. The number of nitrogens with zero attached hydrogens (tertiary/aromatic N) is 1. The van der Waals surface area contributed by atoms with Crippen LogP contribution in [0.3, 0.4) is 0 Å². The quantitative estimate of drug-likeness (QED) is 0.738. The first-order valence-electron chi connectivity index (χ1n) is 7.29. The van der Waals surface area contributed by atoms with E-state index in [1.54, 1.807) is 6.92 Å². The smallest absolute Gasteiger partial charge is 0.264 e. The van der Waals surface area contributed by atoms with Crippen LogP contribution in [0.4, 0.5) is 0 Å². The van der Waals surface area contributed by atoms with E-state index in [1.807, 2.05) is 27.7 Å². The minimum Gasteiger partial charge on any atom is -0.391 e. The van der Waals surface area contributed by atoms with Crippen molar-refractivity contribution in [2.24, 2.45) is 5.92 Å². The topological polar surface area (TPSA) is 95.1 Å². The number of aliphatic hydroxyl groups excluding tert-OH is 1. The summed E-state index contributed by atoms with van der Waals surface area (Å²) in [5, 5.41) is 12.3. The van der Waals surface area contributed by atoms with Gasteiger partial charge in [0.1, 0.15) is 11.4 Å².